The fraction of sp³-hybridized carbons (Fsp3) is 0.278. The topological polar surface area (TPSA) is 75.7 Å². The Bertz CT molecular complexity index is 948. The van der Waals surface area contributed by atoms with Crippen LogP contribution in [0.15, 0.2) is 47.4 Å². The van der Waals surface area contributed by atoms with Crippen molar-refractivity contribution >= 4 is 44.8 Å². The van der Waals surface area contributed by atoms with Crippen LogP contribution in [-0.4, -0.2) is 38.3 Å². The van der Waals surface area contributed by atoms with Crippen molar-refractivity contribution < 1.29 is 17.9 Å². The Kier molecular flexibility index (Phi) is 5.95. The Morgan fingerprint density at radius 1 is 1.19 bits per heavy atom. The zero-order chi connectivity index (χ0) is 19.6. The second-order valence-corrected chi connectivity index (χ2v) is 8.80. The molecule has 1 saturated heterocycles. The Labute approximate surface area is 168 Å². The Balaban J connectivity index is 1.83. The lowest BCUT2D eigenvalue weighted by atomic mass is 10.2. The standard InChI is InChI=1S/C18H18Cl2N2O4S/c1-26-13-5-7-14(8-6-13)27(24,25)22-10-2-3-17(22)18(23)21-16-11-12(19)4-9-15(16)20/h4-9,11,17H,2-3,10H2,1H3,(H,21,23). The second-order valence-electron chi connectivity index (χ2n) is 6.06. The highest BCUT2D eigenvalue weighted by atomic mass is 35.5. The van der Waals surface area contributed by atoms with Crippen molar-refractivity contribution in [1.82, 2.24) is 4.31 Å². The van der Waals surface area contributed by atoms with Crippen LogP contribution in [0.4, 0.5) is 5.69 Å². The van der Waals surface area contributed by atoms with Gasteiger partial charge in [0.2, 0.25) is 15.9 Å². The third-order valence-electron chi connectivity index (χ3n) is 4.36. The van der Waals surface area contributed by atoms with E-state index in [0.717, 1.165) is 0 Å². The monoisotopic (exact) mass is 428 g/mol. The van der Waals surface area contributed by atoms with E-state index in [2.05, 4.69) is 5.32 Å². The SMILES string of the molecule is COc1ccc(S(=O)(=O)N2CCCC2C(=O)Nc2cc(Cl)ccc2Cl)cc1. The Morgan fingerprint density at radius 2 is 1.89 bits per heavy atom. The van der Waals surface area contributed by atoms with Crippen molar-refractivity contribution in [2.24, 2.45) is 0 Å². The van der Waals surface area contributed by atoms with E-state index < -0.39 is 22.0 Å². The van der Waals surface area contributed by atoms with Gasteiger partial charge in [-0.2, -0.15) is 4.31 Å². The minimum Gasteiger partial charge on any atom is -0.497 e. The quantitative estimate of drug-likeness (QED) is 0.785. The summed E-state index contributed by atoms with van der Waals surface area (Å²) in [5, 5.41) is 3.43. The van der Waals surface area contributed by atoms with E-state index in [1.165, 1.54) is 29.6 Å². The van der Waals surface area contributed by atoms with E-state index in [0.29, 0.717) is 34.3 Å². The van der Waals surface area contributed by atoms with E-state index >= 15 is 0 Å². The largest absolute Gasteiger partial charge is 0.497 e. The molecule has 0 aromatic heterocycles. The molecule has 2 aromatic carbocycles. The molecule has 0 radical (unpaired) electrons. The summed E-state index contributed by atoms with van der Waals surface area (Å²) in [5.74, 6) is 0.119. The molecule has 9 heteroatoms. The summed E-state index contributed by atoms with van der Waals surface area (Å²) in [6.45, 7) is 0.274. The predicted molar refractivity (Wildman–Crippen MR) is 105 cm³/mol. The van der Waals surface area contributed by atoms with Crippen molar-refractivity contribution in [3.05, 3.63) is 52.5 Å². The van der Waals surface area contributed by atoms with Crippen molar-refractivity contribution in [1.29, 1.82) is 0 Å². The van der Waals surface area contributed by atoms with Crippen molar-refractivity contribution in [3.63, 3.8) is 0 Å². The molecule has 2 aromatic rings. The maximum Gasteiger partial charge on any atom is 0.243 e. The third-order valence-corrected chi connectivity index (χ3v) is 6.85. The van der Waals surface area contributed by atoms with Gasteiger partial charge in [0.25, 0.3) is 0 Å². The van der Waals surface area contributed by atoms with E-state index in [4.69, 9.17) is 27.9 Å². The van der Waals surface area contributed by atoms with Gasteiger partial charge in [-0.1, -0.05) is 23.2 Å². The molecule has 1 amide bonds. The lowest BCUT2D eigenvalue weighted by Crippen LogP contribution is -2.43. The van der Waals surface area contributed by atoms with Crippen molar-refractivity contribution in [3.8, 4) is 5.75 Å². The van der Waals surface area contributed by atoms with Crippen LogP contribution in [0.1, 0.15) is 12.8 Å². The third kappa shape index (κ3) is 4.21. The van der Waals surface area contributed by atoms with E-state index in [9.17, 15) is 13.2 Å². The number of hydrogen-bond donors (Lipinski definition) is 1. The summed E-state index contributed by atoms with van der Waals surface area (Å²) >= 11 is 12.0. The number of amides is 1. The van der Waals surface area contributed by atoms with Gasteiger partial charge >= 0.3 is 0 Å². The number of halogens is 2. The number of methoxy groups -OCH3 is 1. The first-order valence-electron chi connectivity index (χ1n) is 8.25. The smallest absolute Gasteiger partial charge is 0.243 e. The average molecular weight is 429 g/mol. The number of ether oxygens (including phenoxy) is 1. The molecule has 3 rings (SSSR count). The average Bonchev–Trinajstić information content (AvgIpc) is 3.15. The maximum atomic E-state index is 13.0. The number of carbonyl (C=O) groups excluding carboxylic acids is 1. The first-order chi connectivity index (χ1) is 12.8. The van der Waals surface area contributed by atoms with Crippen LogP contribution in [0.25, 0.3) is 0 Å². The van der Waals surface area contributed by atoms with Gasteiger partial charge in [0.05, 0.1) is 22.7 Å². The second kappa shape index (κ2) is 8.06. The van der Waals surface area contributed by atoms with Gasteiger partial charge < -0.3 is 10.1 Å². The molecule has 0 spiro atoms. The number of carbonyl (C=O) groups is 1. The maximum absolute atomic E-state index is 13.0. The van der Waals surface area contributed by atoms with Crippen LogP contribution < -0.4 is 10.1 Å². The van der Waals surface area contributed by atoms with Crippen LogP contribution in [0.5, 0.6) is 5.75 Å². The molecule has 6 nitrogen and oxygen atoms in total. The molecule has 1 aliphatic heterocycles. The first kappa shape index (κ1) is 19.9. The normalized spacial score (nSPS) is 17.7. The highest BCUT2D eigenvalue weighted by Gasteiger charge is 2.39. The highest BCUT2D eigenvalue weighted by molar-refractivity contribution is 7.89. The molecule has 1 atom stereocenters. The van der Waals surface area contributed by atoms with Gasteiger partial charge in [0.15, 0.2) is 0 Å². The number of nitrogens with zero attached hydrogens (tertiary/aromatic N) is 1. The summed E-state index contributed by atoms with van der Waals surface area (Å²) in [6.07, 6.45) is 1.02. The number of anilines is 1. The summed E-state index contributed by atoms with van der Waals surface area (Å²) in [7, 11) is -2.31. The molecular weight excluding hydrogens is 411 g/mol. The van der Waals surface area contributed by atoms with Crippen LogP contribution in [0.3, 0.4) is 0 Å². The number of benzene rings is 2. The van der Waals surface area contributed by atoms with Crippen LogP contribution in [-0.2, 0) is 14.8 Å². The molecule has 0 saturated carbocycles. The highest BCUT2D eigenvalue weighted by Crippen LogP contribution is 2.30. The van der Waals surface area contributed by atoms with Gasteiger partial charge in [-0.3, -0.25) is 4.79 Å². The lowest BCUT2D eigenvalue weighted by molar-refractivity contribution is -0.119. The van der Waals surface area contributed by atoms with E-state index in [1.807, 2.05) is 0 Å². The summed E-state index contributed by atoms with van der Waals surface area (Å²) in [5.41, 5.74) is 0.350. The summed E-state index contributed by atoms with van der Waals surface area (Å²) in [4.78, 5) is 12.8. The zero-order valence-corrected chi connectivity index (χ0v) is 16.8. The molecule has 1 N–H and O–H groups in total. The van der Waals surface area contributed by atoms with Gasteiger partial charge in [0, 0.05) is 11.6 Å². The van der Waals surface area contributed by atoms with Crippen LogP contribution in [0, 0.1) is 0 Å². The number of hydrogen-bond acceptors (Lipinski definition) is 4. The van der Waals surface area contributed by atoms with Gasteiger partial charge in [-0.25, -0.2) is 8.42 Å². The minimum atomic E-state index is -3.81. The lowest BCUT2D eigenvalue weighted by Gasteiger charge is -2.23. The fourth-order valence-electron chi connectivity index (χ4n) is 2.98. The minimum absolute atomic E-state index is 0.115. The zero-order valence-electron chi connectivity index (χ0n) is 14.5. The molecule has 27 heavy (non-hydrogen) atoms. The van der Waals surface area contributed by atoms with E-state index in [-0.39, 0.29) is 11.4 Å². The number of nitrogens with one attached hydrogen (secondary N) is 1. The Morgan fingerprint density at radius 3 is 2.56 bits per heavy atom. The van der Waals surface area contributed by atoms with E-state index in [1.54, 1.807) is 24.3 Å². The molecule has 1 unspecified atom stereocenters. The molecule has 1 aliphatic rings. The molecule has 1 fully saturated rings. The number of rotatable bonds is 5. The summed E-state index contributed by atoms with van der Waals surface area (Å²) < 4.78 is 32.2. The van der Waals surface area contributed by atoms with Gasteiger partial charge in [0.1, 0.15) is 11.8 Å². The van der Waals surface area contributed by atoms with Crippen LogP contribution in [0.2, 0.25) is 10.0 Å². The molecular formula is C18H18Cl2N2O4S. The van der Waals surface area contributed by atoms with Gasteiger partial charge in [-0.05, 0) is 55.3 Å². The Hall–Kier alpha value is -1.80. The van der Waals surface area contributed by atoms with Crippen molar-refractivity contribution in [2.75, 3.05) is 19.0 Å². The molecule has 0 bridgehead atoms. The molecule has 0 aliphatic carbocycles. The first-order valence-corrected chi connectivity index (χ1v) is 10.4. The predicted octanol–water partition coefficient (Wildman–Crippen LogP) is 3.79. The fourth-order valence-corrected chi connectivity index (χ4v) is 4.98. The van der Waals surface area contributed by atoms with Gasteiger partial charge in [-0.15, -0.1) is 0 Å². The number of sulfonamides is 1. The molecule has 144 valence electrons. The van der Waals surface area contributed by atoms with Crippen molar-refractivity contribution in [2.45, 2.75) is 23.8 Å². The molecule has 1 heterocycles. The summed E-state index contributed by atoms with van der Waals surface area (Å²) in [6, 6.07) is 9.97. The van der Waals surface area contributed by atoms with Crippen LogP contribution >= 0.6 is 23.2 Å².